The highest BCUT2D eigenvalue weighted by Gasteiger charge is 2.09. The van der Waals surface area contributed by atoms with Crippen LogP contribution < -0.4 is 5.32 Å². The molecule has 0 unspecified atom stereocenters. The molecule has 2 aromatic rings. The Morgan fingerprint density at radius 3 is 2.65 bits per heavy atom. The summed E-state index contributed by atoms with van der Waals surface area (Å²) in [4.78, 5) is 19.4. The quantitative estimate of drug-likeness (QED) is 0.927. The van der Waals surface area contributed by atoms with Gasteiger partial charge in [-0.05, 0) is 40.2 Å². The van der Waals surface area contributed by atoms with Crippen molar-refractivity contribution in [1.29, 1.82) is 0 Å². The minimum atomic E-state index is -0.494. The van der Waals surface area contributed by atoms with Gasteiger partial charge in [0, 0.05) is 18.0 Å². The van der Waals surface area contributed by atoms with Gasteiger partial charge < -0.3 is 0 Å². The summed E-state index contributed by atoms with van der Waals surface area (Å²) < 4.78 is 13.5. The second kappa shape index (κ2) is 5.01. The summed E-state index contributed by atoms with van der Waals surface area (Å²) >= 11 is 3.01. The van der Waals surface area contributed by atoms with Gasteiger partial charge in [-0.3, -0.25) is 10.1 Å². The van der Waals surface area contributed by atoms with E-state index in [1.807, 2.05) is 0 Å². The highest BCUT2D eigenvalue weighted by Crippen LogP contribution is 2.16. The van der Waals surface area contributed by atoms with Crippen molar-refractivity contribution < 1.29 is 9.18 Å². The van der Waals surface area contributed by atoms with Gasteiger partial charge in [0.1, 0.15) is 5.82 Å². The number of benzene rings is 1. The van der Waals surface area contributed by atoms with Crippen LogP contribution in [0.25, 0.3) is 0 Å². The first kappa shape index (κ1) is 11.7. The average Bonchev–Trinajstić information content (AvgIpc) is 2.34. The maximum atomic E-state index is 13.2. The molecular formula is C11H7BrFN3O. The van der Waals surface area contributed by atoms with Gasteiger partial charge in [0.15, 0.2) is 0 Å². The molecule has 0 aliphatic rings. The molecule has 0 fully saturated rings. The van der Waals surface area contributed by atoms with E-state index >= 15 is 0 Å². The molecule has 0 spiro atoms. The fourth-order valence-electron chi connectivity index (χ4n) is 1.17. The summed E-state index contributed by atoms with van der Waals surface area (Å²) in [5.41, 5.74) is 0.207. The van der Waals surface area contributed by atoms with Crippen molar-refractivity contribution in [3.05, 3.63) is 52.5 Å². The molecule has 0 bridgehead atoms. The molecule has 6 heteroatoms. The van der Waals surface area contributed by atoms with Crippen LogP contribution in [0.15, 0.2) is 41.1 Å². The summed E-state index contributed by atoms with van der Waals surface area (Å²) in [6.45, 7) is 0. The number of anilines is 1. The minimum Gasteiger partial charge on any atom is -0.290 e. The van der Waals surface area contributed by atoms with Crippen molar-refractivity contribution in [2.45, 2.75) is 0 Å². The van der Waals surface area contributed by atoms with Crippen molar-refractivity contribution in [2.24, 2.45) is 0 Å². The molecule has 0 saturated carbocycles. The number of nitrogens with one attached hydrogen (secondary N) is 1. The van der Waals surface area contributed by atoms with E-state index in [4.69, 9.17) is 0 Å². The molecule has 1 aromatic heterocycles. The van der Waals surface area contributed by atoms with Crippen molar-refractivity contribution in [3.63, 3.8) is 0 Å². The zero-order valence-corrected chi connectivity index (χ0v) is 10.1. The summed E-state index contributed by atoms with van der Waals surface area (Å²) in [6, 6.07) is 5.75. The Labute approximate surface area is 105 Å². The second-order valence-electron chi connectivity index (χ2n) is 3.16. The number of amides is 1. The van der Waals surface area contributed by atoms with Gasteiger partial charge in [-0.15, -0.1) is 0 Å². The molecule has 17 heavy (non-hydrogen) atoms. The summed E-state index contributed by atoms with van der Waals surface area (Å²) in [5.74, 6) is -0.768. The first-order valence-corrected chi connectivity index (χ1v) is 5.49. The summed E-state index contributed by atoms with van der Waals surface area (Å²) in [7, 11) is 0. The SMILES string of the molecule is O=C(Nc1ncccn1)c1ccc(Br)c(F)c1. The van der Waals surface area contributed by atoms with Gasteiger partial charge in [-0.25, -0.2) is 14.4 Å². The fourth-order valence-corrected chi connectivity index (χ4v) is 1.42. The van der Waals surface area contributed by atoms with Gasteiger partial charge >= 0.3 is 0 Å². The van der Waals surface area contributed by atoms with E-state index in [0.717, 1.165) is 6.07 Å². The number of hydrogen-bond donors (Lipinski definition) is 1. The molecule has 0 aliphatic heterocycles. The summed E-state index contributed by atoms with van der Waals surface area (Å²) in [6.07, 6.45) is 3.01. The zero-order valence-electron chi connectivity index (χ0n) is 8.52. The van der Waals surface area contributed by atoms with Crippen LogP contribution in [0, 0.1) is 5.82 Å². The molecule has 4 nitrogen and oxygen atoms in total. The fraction of sp³-hybridized carbons (Fsp3) is 0. The molecule has 86 valence electrons. The van der Waals surface area contributed by atoms with E-state index in [0.29, 0.717) is 4.47 Å². The monoisotopic (exact) mass is 295 g/mol. The highest BCUT2D eigenvalue weighted by molar-refractivity contribution is 9.10. The Morgan fingerprint density at radius 1 is 1.29 bits per heavy atom. The lowest BCUT2D eigenvalue weighted by atomic mass is 10.2. The molecule has 1 heterocycles. The highest BCUT2D eigenvalue weighted by atomic mass is 79.9. The Kier molecular flexibility index (Phi) is 3.43. The number of hydrogen-bond acceptors (Lipinski definition) is 3. The predicted molar refractivity (Wildman–Crippen MR) is 64.1 cm³/mol. The van der Waals surface area contributed by atoms with Crippen LogP contribution in [0.1, 0.15) is 10.4 Å². The first-order chi connectivity index (χ1) is 8.16. The number of rotatable bonds is 2. The lowest BCUT2D eigenvalue weighted by Crippen LogP contribution is -2.14. The number of nitrogens with zero attached hydrogens (tertiary/aromatic N) is 2. The van der Waals surface area contributed by atoms with E-state index in [-0.39, 0.29) is 11.5 Å². The lowest BCUT2D eigenvalue weighted by Gasteiger charge is -2.03. The largest absolute Gasteiger partial charge is 0.290 e. The molecule has 0 radical (unpaired) electrons. The number of carbonyl (C=O) groups excluding carboxylic acids is 1. The van der Waals surface area contributed by atoms with Crippen LogP contribution >= 0.6 is 15.9 Å². The maximum absolute atomic E-state index is 13.2. The van der Waals surface area contributed by atoms with E-state index < -0.39 is 11.7 Å². The van der Waals surface area contributed by atoms with Gasteiger partial charge in [0.05, 0.1) is 4.47 Å². The Bertz CT molecular complexity index is 548. The average molecular weight is 296 g/mol. The second-order valence-corrected chi connectivity index (χ2v) is 4.01. The molecule has 2 rings (SSSR count). The minimum absolute atomic E-state index is 0.181. The van der Waals surface area contributed by atoms with E-state index in [9.17, 15) is 9.18 Å². The number of carbonyl (C=O) groups is 1. The van der Waals surface area contributed by atoms with Crippen LogP contribution in [-0.4, -0.2) is 15.9 Å². The third-order valence-electron chi connectivity index (χ3n) is 1.97. The standard InChI is InChI=1S/C11H7BrFN3O/c12-8-3-2-7(6-9(8)13)10(17)16-11-14-4-1-5-15-11/h1-6H,(H,14,15,16,17). The first-order valence-electron chi connectivity index (χ1n) is 4.70. The number of halogens is 2. The Morgan fingerprint density at radius 2 is 2.00 bits per heavy atom. The number of aromatic nitrogens is 2. The molecule has 1 N–H and O–H groups in total. The smallest absolute Gasteiger partial charge is 0.258 e. The maximum Gasteiger partial charge on any atom is 0.258 e. The predicted octanol–water partition coefficient (Wildman–Crippen LogP) is 2.63. The summed E-state index contributed by atoms with van der Waals surface area (Å²) in [5, 5.41) is 2.46. The van der Waals surface area contributed by atoms with Crippen LogP contribution in [0.3, 0.4) is 0 Å². The topological polar surface area (TPSA) is 54.9 Å². The van der Waals surface area contributed by atoms with Crippen molar-refractivity contribution >= 4 is 27.8 Å². The van der Waals surface area contributed by atoms with Crippen LogP contribution in [0.4, 0.5) is 10.3 Å². The van der Waals surface area contributed by atoms with Gasteiger partial charge in [0.2, 0.25) is 5.95 Å². The van der Waals surface area contributed by atoms with Crippen molar-refractivity contribution in [3.8, 4) is 0 Å². The van der Waals surface area contributed by atoms with Gasteiger partial charge in [-0.2, -0.15) is 0 Å². The van der Waals surface area contributed by atoms with Crippen LogP contribution in [0.5, 0.6) is 0 Å². The van der Waals surface area contributed by atoms with Gasteiger partial charge in [0.25, 0.3) is 5.91 Å². The molecule has 0 atom stereocenters. The molecule has 0 aliphatic carbocycles. The molecule has 1 aromatic carbocycles. The molecule has 0 saturated heterocycles. The molecular weight excluding hydrogens is 289 g/mol. The van der Waals surface area contributed by atoms with Crippen molar-refractivity contribution in [2.75, 3.05) is 5.32 Å². The lowest BCUT2D eigenvalue weighted by molar-refractivity contribution is 0.102. The van der Waals surface area contributed by atoms with Gasteiger partial charge in [-0.1, -0.05) is 0 Å². The third-order valence-corrected chi connectivity index (χ3v) is 2.62. The van der Waals surface area contributed by atoms with Crippen LogP contribution in [-0.2, 0) is 0 Å². The third kappa shape index (κ3) is 2.85. The van der Waals surface area contributed by atoms with E-state index in [2.05, 4.69) is 31.2 Å². The normalized spacial score (nSPS) is 10.0. The zero-order chi connectivity index (χ0) is 12.3. The van der Waals surface area contributed by atoms with E-state index in [1.165, 1.54) is 24.5 Å². The molecule has 1 amide bonds. The van der Waals surface area contributed by atoms with Crippen molar-refractivity contribution in [1.82, 2.24) is 9.97 Å². The van der Waals surface area contributed by atoms with Crippen LogP contribution in [0.2, 0.25) is 0 Å². The Hall–Kier alpha value is -1.82. The van der Waals surface area contributed by atoms with E-state index in [1.54, 1.807) is 6.07 Å². The Balaban J connectivity index is 2.18.